The molecule has 10 aromatic rings. The van der Waals surface area contributed by atoms with Crippen LogP contribution in [-0.4, -0.2) is 24.1 Å². The molecule has 3 heterocycles. The molecule has 0 unspecified atom stereocenters. The van der Waals surface area contributed by atoms with Crippen molar-refractivity contribution in [1.29, 1.82) is 0 Å². The van der Waals surface area contributed by atoms with E-state index in [2.05, 4.69) is 94.1 Å². The molecule has 0 radical (unpaired) electrons. The Balaban J connectivity index is 1.25. The van der Waals surface area contributed by atoms with E-state index in [4.69, 9.17) is 19.1 Å². The van der Waals surface area contributed by atoms with Crippen LogP contribution in [0.25, 0.3) is 89.2 Å². The highest BCUT2D eigenvalue weighted by Gasteiger charge is 2.23. The van der Waals surface area contributed by atoms with Gasteiger partial charge in [0.25, 0.3) is 0 Å². The number of aryl methyl sites for hydroxylation is 2. The summed E-state index contributed by atoms with van der Waals surface area (Å²) in [5.41, 5.74) is 9.94. The molecule has 0 atom stereocenters. The molecule has 10 rings (SSSR count). The maximum atomic E-state index is 7.98. The SMILES string of the molecule is [2H]C([2H])([2H])c1cc(C)cc(-c2ccc(-c3nc(-c4ccccc4)nc(-n4c5ccccc5c5ccc6c7ccccc7n(-c7ccccc7)c6c54)n3)cc2)c1. The van der Waals surface area contributed by atoms with Gasteiger partial charge in [0.2, 0.25) is 5.95 Å². The van der Waals surface area contributed by atoms with Gasteiger partial charge in [0.15, 0.2) is 11.6 Å². The number of hydrogen-bond acceptors (Lipinski definition) is 3. The van der Waals surface area contributed by atoms with Gasteiger partial charge in [-0.25, -0.2) is 4.98 Å². The lowest BCUT2D eigenvalue weighted by Gasteiger charge is -2.13. The normalized spacial score (nSPS) is 12.8. The first-order valence-electron chi connectivity index (χ1n) is 18.9. The molecule has 0 saturated heterocycles. The van der Waals surface area contributed by atoms with Crippen LogP contribution in [0, 0.1) is 13.8 Å². The summed E-state index contributed by atoms with van der Waals surface area (Å²) >= 11 is 0. The molecule has 0 aliphatic rings. The predicted octanol–water partition coefficient (Wildman–Crippen LogP) is 11.7. The van der Waals surface area contributed by atoms with Gasteiger partial charge in [-0.05, 0) is 49.2 Å². The van der Waals surface area contributed by atoms with E-state index < -0.39 is 6.85 Å². The fraction of sp³-hybridized carbons (Fsp3) is 0.0426. The van der Waals surface area contributed by atoms with Crippen LogP contribution in [0.5, 0.6) is 0 Å². The quantitative estimate of drug-likeness (QED) is 0.183. The number of fused-ring (bicyclic) bond motifs is 7. The molecule has 0 aliphatic heterocycles. The van der Waals surface area contributed by atoms with Crippen molar-refractivity contribution in [2.45, 2.75) is 13.8 Å². The van der Waals surface area contributed by atoms with Gasteiger partial charge in [-0.3, -0.25) is 4.57 Å². The van der Waals surface area contributed by atoms with Gasteiger partial charge in [-0.15, -0.1) is 0 Å². The van der Waals surface area contributed by atoms with E-state index in [0.717, 1.165) is 71.7 Å². The number of rotatable bonds is 5. The lowest BCUT2D eigenvalue weighted by Crippen LogP contribution is -2.07. The van der Waals surface area contributed by atoms with Gasteiger partial charge in [0.1, 0.15) is 0 Å². The molecule has 0 saturated carbocycles. The Labute approximate surface area is 305 Å². The summed E-state index contributed by atoms with van der Waals surface area (Å²) in [4.78, 5) is 15.5. The highest BCUT2D eigenvalue weighted by molar-refractivity contribution is 6.23. The number of hydrogen-bond donors (Lipinski definition) is 0. The Hall–Kier alpha value is -6.85. The number of para-hydroxylation sites is 3. The van der Waals surface area contributed by atoms with Crippen molar-refractivity contribution in [2.75, 3.05) is 0 Å². The summed E-state index contributed by atoms with van der Waals surface area (Å²) in [6.45, 7) is -0.268. The maximum absolute atomic E-state index is 7.98. The molecule has 246 valence electrons. The zero-order chi connectivity index (χ0) is 37.3. The molecule has 52 heavy (non-hydrogen) atoms. The zero-order valence-electron chi connectivity index (χ0n) is 31.3. The fourth-order valence-electron chi connectivity index (χ4n) is 7.63. The lowest BCUT2D eigenvalue weighted by molar-refractivity contribution is 0.953. The minimum atomic E-state index is -2.19. The largest absolute Gasteiger partial charge is 0.307 e. The van der Waals surface area contributed by atoms with Crippen molar-refractivity contribution in [2.24, 2.45) is 0 Å². The summed E-state index contributed by atoms with van der Waals surface area (Å²) in [7, 11) is 0. The topological polar surface area (TPSA) is 48.5 Å². The molecule has 5 nitrogen and oxygen atoms in total. The van der Waals surface area contributed by atoms with E-state index in [1.165, 1.54) is 5.39 Å². The molecular formula is C47H33N5. The molecule has 0 N–H and O–H groups in total. The average Bonchev–Trinajstić information content (AvgIpc) is 3.74. The van der Waals surface area contributed by atoms with Crippen LogP contribution in [-0.2, 0) is 0 Å². The Morgan fingerprint density at radius 1 is 0.423 bits per heavy atom. The van der Waals surface area contributed by atoms with Crippen molar-refractivity contribution in [3.8, 4) is 45.5 Å². The third-order valence-electron chi connectivity index (χ3n) is 9.89. The van der Waals surface area contributed by atoms with E-state index in [1.54, 1.807) is 12.1 Å². The Morgan fingerprint density at radius 2 is 0.942 bits per heavy atom. The standard InChI is InChI=1S/C47H33N5/c1-30-27-31(2)29-35(28-30)32-21-23-34(24-22-32)46-48-45(33-13-5-3-6-14-33)49-47(50-46)52-42-20-12-10-18-38(42)40-26-25-39-37-17-9-11-19-41(37)51(43(39)44(40)52)36-15-7-4-8-16-36/h3-29H,1-2H3/i1D3. The summed E-state index contributed by atoms with van der Waals surface area (Å²) in [6, 6.07) is 55.4. The highest BCUT2D eigenvalue weighted by atomic mass is 15.2. The first-order valence-corrected chi connectivity index (χ1v) is 17.4. The summed E-state index contributed by atoms with van der Waals surface area (Å²) in [5.74, 6) is 1.61. The summed E-state index contributed by atoms with van der Waals surface area (Å²) in [6.07, 6.45) is 0. The van der Waals surface area contributed by atoms with Gasteiger partial charge in [-0.2, -0.15) is 9.97 Å². The van der Waals surface area contributed by atoms with Gasteiger partial charge in [0, 0.05) is 42.5 Å². The first-order chi connectivity index (χ1) is 26.8. The minimum Gasteiger partial charge on any atom is -0.307 e. The number of aromatic nitrogens is 5. The molecule has 7 aromatic carbocycles. The minimum absolute atomic E-state index is 0.327. The van der Waals surface area contributed by atoms with Gasteiger partial charge < -0.3 is 4.57 Å². The molecule has 3 aromatic heterocycles. The maximum Gasteiger partial charge on any atom is 0.238 e. The van der Waals surface area contributed by atoms with Crippen molar-refractivity contribution in [3.63, 3.8) is 0 Å². The Bertz CT molecular complexity index is 3070. The molecule has 0 aliphatic carbocycles. The lowest BCUT2D eigenvalue weighted by atomic mass is 10.00. The molecule has 5 heteroatoms. The van der Waals surface area contributed by atoms with Crippen molar-refractivity contribution in [3.05, 3.63) is 175 Å². The summed E-state index contributed by atoms with van der Waals surface area (Å²) < 4.78 is 28.5. The zero-order valence-corrected chi connectivity index (χ0v) is 28.3. The van der Waals surface area contributed by atoms with Crippen molar-refractivity contribution >= 4 is 43.6 Å². The number of benzene rings is 7. The van der Waals surface area contributed by atoms with Crippen LogP contribution in [0.3, 0.4) is 0 Å². The summed E-state index contributed by atoms with van der Waals surface area (Å²) in [5, 5.41) is 4.51. The van der Waals surface area contributed by atoms with Crippen LogP contribution in [0.2, 0.25) is 0 Å². The van der Waals surface area contributed by atoms with E-state index in [0.29, 0.717) is 23.2 Å². The van der Waals surface area contributed by atoms with Crippen LogP contribution in [0.1, 0.15) is 15.2 Å². The van der Waals surface area contributed by atoms with Gasteiger partial charge >= 0.3 is 0 Å². The predicted molar refractivity (Wildman–Crippen MR) is 214 cm³/mol. The van der Waals surface area contributed by atoms with Crippen molar-refractivity contribution < 1.29 is 4.11 Å². The van der Waals surface area contributed by atoms with E-state index in [-0.39, 0.29) is 0 Å². The van der Waals surface area contributed by atoms with Gasteiger partial charge in [-0.1, -0.05) is 151 Å². The molecular weight excluding hydrogens is 635 g/mol. The van der Waals surface area contributed by atoms with Gasteiger partial charge in [0.05, 0.1) is 22.1 Å². The van der Waals surface area contributed by atoms with Crippen molar-refractivity contribution in [1.82, 2.24) is 24.1 Å². The van der Waals surface area contributed by atoms with Crippen LogP contribution in [0.4, 0.5) is 0 Å². The van der Waals surface area contributed by atoms with Crippen LogP contribution >= 0.6 is 0 Å². The average molecular weight is 671 g/mol. The molecule has 0 fully saturated rings. The van der Waals surface area contributed by atoms with Crippen LogP contribution in [0.15, 0.2) is 164 Å². The second-order valence-electron chi connectivity index (χ2n) is 13.2. The van der Waals surface area contributed by atoms with E-state index >= 15 is 0 Å². The second kappa shape index (κ2) is 11.9. The fourth-order valence-corrected chi connectivity index (χ4v) is 7.63. The monoisotopic (exact) mass is 670 g/mol. The smallest absolute Gasteiger partial charge is 0.238 e. The third kappa shape index (κ3) is 4.82. The molecule has 0 spiro atoms. The molecule has 0 bridgehead atoms. The molecule has 0 amide bonds. The van der Waals surface area contributed by atoms with E-state index in [9.17, 15) is 0 Å². The number of nitrogens with zero attached hydrogens (tertiary/aromatic N) is 5. The third-order valence-corrected chi connectivity index (χ3v) is 9.89. The Morgan fingerprint density at radius 3 is 1.60 bits per heavy atom. The van der Waals surface area contributed by atoms with Crippen LogP contribution < -0.4 is 0 Å². The highest BCUT2D eigenvalue weighted by Crippen LogP contribution is 2.41. The van der Waals surface area contributed by atoms with E-state index in [1.807, 2.05) is 73.7 Å². The Kier molecular flexibility index (Phi) is 6.16. The first kappa shape index (κ1) is 26.9. The second-order valence-corrected chi connectivity index (χ2v) is 13.2.